The highest BCUT2D eigenvalue weighted by Crippen LogP contribution is 2.29. The van der Waals surface area contributed by atoms with Gasteiger partial charge < -0.3 is 0 Å². The molecule has 3 aromatic carbocycles. The van der Waals surface area contributed by atoms with Crippen molar-refractivity contribution in [3.05, 3.63) is 129 Å². The van der Waals surface area contributed by atoms with Crippen LogP contribution in [0.25, 0.3) is 12.2 Å². The molecule has 0 bridgehead atoms. The summed E-state index contributed by atoms with van der Waals surface area (Å²) in [6.45, 7) is -0.567. The van der Waals surface area contributed by atoms with E-state index in [-0.39, 0.29) is 0 Å². The van der Waals surface area contributed by atoms with Crippen LogP contribution in [0.15, 0.2) is 97.1 Å². The van der Waals surface area contributed by atoms with Gasteiger partial charge in [0.2, 0.25) is 6.54 Å². The lowest BCUT2D eigenvalue weighted by Crippen LogP contribution is -2.32. The van der Waals surface area contributed by atoms with Gasteiger partial charge in [-0.15, -0.1) is 0 Å². The summed E-state index contributed by atoms with van der Waals surface area (Å²) in [6.07, 6.45) is 5.84. The van der Waals surface area contributed by atoms with Crippen LogP contribution in [0.3, 0.4) is 0 Å². The van der Waals surface area contributed by atoms with Crippen LogP contribution >= 0.6 is 11.6 Å². The normalized spacial score (nSPS) is 12.3. The molecule has 0 aliphatic carbocycles. The van der Waals surface area contributed by atoms with Gasteiger partial charge in [0.05, 0.1) is 11.8 Å². The number of hydrogen-bond acceptors (Lipinski definition) is 4. The monoisotopic (exact) mass is 459 g/mol. The topological polar surface area (TPSA) is 77.3 Å². The van der Waals surface area contributed by atoms with Gasteiger partial charge in [0.1, 0.15) is 0 Å². The van der Waals surface area contributed by atoms with E-state index in [0.29, 0.717) is 10.6 Å². The van der Waals surface area contributed by atoms with Crippen molar-refractivity contribution in [1.29, 1.82) is 0 Å². The summed E-state index contributed by atoms with van der Waals surface area (Å²) in [5.41, 5.74) is 2.08. The summed E-state index contributed by atoms with van der Waals surface area (Å²) >= 11 is 5.97. The van der Waals surface area contributed by atoms with Crippen LogP contribution in [0, 0.1) is 16.0 Å². The summed E-state index contributed by atoms with van der Waals surface area (Å²) in [4.78, 5) is 37.5. The van der Waals surface area contributed by atoms with Crippen molar-refractivity contribution in [3.8, 4) is 0 Å². The van der Waals surface area contributed by atoms with Crippen molar-refractivity contribution >= 4 is 35.3 Å². The van der Waals surface area contributed by atoms with Crippen molar-refractivity contribution in [1.82, 2.24) is 0 Å². The van der Waals surface area contributed by atoms with E-state index >= 15 is 0 Å². The maximum atomic E-state index is 13.2. The summed E-state index contributed by atoms with van der Waals surface area (Å²) in [5.74, 6) is -3.19. The first-order valence-corrected chi connectivity index (χ1v) is 10.7. The third-order valence-corrected chi connectivity index (χ3v) is 5.39. The lowest BCUT2D eigenvalue weighted by atomic mass is 9.80. The fourth-order valence-corrected chi connectivity index (χ4v) is 3.63. The Morgan fingerprint density at radius 2 is 1.24 bits per heavy atom. The molecule has 0 amide bonds. The van der Waals surface area contributed by atoms with Crippen LogP contribution < -0.4 is 0 Å². The minimum absolute atomic E-state index is 0.459. The largest absolute Gasteiger partial charge is 0.294 e. The van der Waals surface area contributed by atoms with Crippen molar-refractivity contribution in [2.24, 2.45) is 5.92 Å². The zero-order chi connectivity index (χ0) is 23.6. The number of nitro groups is 1. The van der Waals surface area contributed by atoms with Gasteiger partial charge in [0.15, 0.2) is 11.6 Å². The third-order valence-electron chi connectivity index (χ3n) is 5.14. The predicted molar refractivity (Wildman–Crippen MR) is 131 cm³/mol. The van der Waals surface area contributed by atoms with E-state index in [1.165, 1.54) is 12.2 Å². The molecule has 0 saturated carbocycles. The Labute approximate surface area is 197 Å². The average molecular weight is 460 g/mol. The summed E-state index contributed by atoms with van der Waals surface area (Å²) in [6, 6.07) is 24.7. The SMILES string of the molecule is O=C(/C=C/c1ccccc1)C(C(=O)/C=C/c1ccccc1)[C@H](C[N+](=O)[O-])c1ccc(Cl)cc1. The molecule has 5 nitrogen and oxygen atoms in total. The second kappa shape index (κ2) is 11.7. The first kappa shape index (κ1) is 23.8. The van der Waals surface area contributed by atoms with Crippen LogP contribution in [0.5, 0.6) is 0 Å². The number of hydrogen-bond donors (Lipinski definition) is 0. The zero-order valence-corrected chi connectivity index (χ0v) is 18.5. The Morgan fingerprint density at radius 1 is 0.788 bits per heavy atom. The highest BCUT2D eigenvalue weighted by molar-refractivity contribution is 6.30. The number of rotatable bonds is 10. The van der Waals surface area contributed by atoms with Gasteiger partial charge in [-0.05, 0) is 41.0 Å². The molecular weight excluding hydrogens is 438 g/mol. The number of nitrogens with zero attached hydrogens (tertiary/aromatic N) is 1. The summed E-state index contributed by atoms with van der Waals surface area (Å²) < 4.78 is 0. The number of halogens is 1. The molecule has 0 heterocycles. The van der Waals surface area contributed by atoms with E-state index in [9.17, 15) is 19.7 Å². The van der Waals surface area contributed by atoms with Gasteiger partial charge in [-0.3, -0.25) is 19.7 Å². The first-order chi connectivity index (χ1) is 15.9. The highest BCUT2D eigenvalue weighted by atomic mass is 35.5. The van der Waals surface area contributed by atoms with Gasteiger partial charge in [0.25, 0.3) is 0 Å². The quantitative estimate of drug-likeness (QED) is 0.164. The lowest BCUT2D eigenvalue weighted by molar-refractivity contribution is -0.484. The molecule has 0 N–H and O–H groups in total. The van der Waals surface area contributed by atoms with E-state index < -0.39 is 34.9 Å². The fourth-order valence-electron chi connectivity index (χ4n) is 3.50. The molecule has 0 fully saturated rings. The number of carbonyl (C=O) groups excluding carboxylic acids is 2. The number of carbonyl (C=O) groups is 2. The van der Waals surface area contributed by atoms with Crippen LogP contribution in [-0.2, 0) is 9.59 Å². The maximum absolute atomic E-state index is 13.2. The fraction of sp³-hybridized carbons (Fsp3) is 0.111. The molecule has 33 heavy (non-hydrogen) atoms. The molecule has 3 aromatic rings. The number of ketones is 2. The van der Waals surface area contributed by atoms with Gasteiger partial charge >= 0.3 is 0 Å². The van der Waals surface area contributed by atoms with Crippen molar-refractivity contribution in [2.45, 2.75) is 5.92 Å². The molecule has 0 spiro atoms. The molecule has 3 rings (SSSR count). The van der Waals surface area contributed by atoms with Gasteiger partial charge in [-0.1, -0.05) is 96.5 Å². The highest BCUT2D eigenvalue weighted by Gasteiger charge is 2.36. The van der Waals surface area contributed by atoms with Crippen LogP contribution in [0.2, 0.25) is 5.02 Å². The Balaban J connectivity index is 1.99. The number of benzene rings is 3. The molecule has 0 unspecified atom stereocenters. The molecule has 6 heteroatoms. The predicted octanol–water partition coefficient (Wildman–Crippen LogP) is 5.88. The number of allylic oxidation sites excluding steroid dienone is 2. The van der Waals surface area contributed by atoms with Gasteiger partial charge in [-0.2, -0.15) is 0 Å². The second-order valence-corrected chi connectivity index (χ2v) is 7.88. The van der Waals surface area contributed by atoms with E-state index in [0.717, 1.165) is 11.1 Å². The smallest absolute Gasteiger partial charge is 0.211 e. The molecule has 0 aromatic heterocycles. The lowest BCUT2D eigenvalue weighted by Gasteiger charge is -2.21. The maximum Gasteiger partial charge on any atom is 0.211 e. The van der Waals surface area contributed by atoms with E-state index in [4.69, 9.17) is 11.6 Å². The summed E-state index contributed by atoms with van der Waals surface area (Å²) in [5, 5.41) is 11.9. The zero-order valence-electron chi connectivity index (χ0n) is 17.7. The van der Waals surface area contributed by atoms with Crippen molar-refractivity contribution in [2.75, 3.05) is 6.54 Å². The van der Waals surface area contributed by atoms with E-state index in [2.05, 4.69) is 0 Å². The molecule has 0 saturated heterocycles. The first-order valence-electron chi connectivity index (χ1n) is 10.4. The van der Waals surface area contributed by atoms with Crippen molar-refractivity contribution < 1.29 is 14.5 Å². The molecule has 166 valence electrons. The van der Waals surface area contributed by atoms with Crippen molar-refractivity contribution in [3.63, 3.8) is 0 Å². The van der Waals surface area contributed by atoms with Gasteiger partial charge in [-0.25, -0.2) is 0 Å². The van der Waals surface area contributed by atoms with Crippen LogP contribution in [-0.4, -0.2) is 23.0 Å². The minimum atomic E-state index is -1.25. The Bertz CT molecular complexity index is 1090. The Kier molecular flexibility index (Phi) is 8.44. The minimum Gasteiger partial charge on any atom is -0.294 e. The second-order valence-electron chi connectivity index (χ2n) is 7.44. The average Bonchev–Trinajstić information content (AvgIpc) is 2.82. The molecule has 0 aliphatic rings. The van der Waals surface area contributed by atoms with Crippen LogP contribution in [0.4, 0.5) is 0 Å². The Morgan fingerprint density at radius 3 is 1.67 bits per heavy atom. The summed E-state index contributed by atoms with van der Waals surface area (Å²) in [7, 11) is 0. The standard InChI is InChI=1S/C27H22ClNO4/c28-23-15-13-22(14-16-23)24(19-29(32)33)27(25(30)17-11-20-7-3-1-4-8-20)26(31)18-12-21-9-5-2-6-10-21/h1-18,24,27H,19H2/b17-11+,18-12+/t24-/m1/s1. The van der Waals surface area contributed by atoms with Crippen LogP contribution in [0.1, 0.15) is 22.6 Å². The molecular formula is C27H22ClNO4. The molecule has 0 aliphatic heterocycles. The van der Waals surface area contributed by atoms with E-state index in [1.807, 2.05) is 60.7 Å². The Hall–Kier alpha value is -3.83. The molecule has 0 radical (unpaired) electrons. The van der Waals surface area contributed by atoms with Gasteiger partial charge in [0, 0.05) is 9.95 Å². The van der Waals surface area contributed by atoms with E-state index in [1.54, 1.807) is 36.4 Å². The molecule has 1 atom stereocenters. The third kappa shape index (κ3) is 7.09.